The molecule has 0 saturated heterocycles. The van der Waals surface area contributed by atoms with E-state index < -0.39 is 0 Å². The number of pyridine rings is 1. The van der Waals surface area contributed by atoms with Gasteiger partial charge in [0.15, 0.2) is 0 Å². The van der Waals surface area contributed by atoms with Gasteiger partial charge in [-0.15, -0.1) is 0 Å². The maximum absolute atomic E-state index is 4.56. The number of hydrogen-bond acceptors (Lipinski definition) is 2. The summed E-state index contributed by atoms with van der Waals surface area (Å²) in [5.74, 6) is 0.887. The second-order valence-electron chi connectivity index (χ2n) is 4.66. The number of rotatable bonds is 4. The second kappa shape index (κ2) is 6.06. The van der Waals surface area contributed by atoms with E-state index in [2.05, 4.69) is 40.7 Å². The maximum atomic E-state index is 4.56. The average molecular weight is 272 g/mol. The van der Waals surface area contributed by atoms with Crippen molar-refractivity contribution < 1.29 is 0 Å². The maximum Gasteiger partial charge on any atom is 0.137 e. The van der Waals surface area contributed by atoms with Crippen LogP contribution in [0.15, 0.2) is 85.6 Å². The lowest BCUT2D eigenvalue weighted by atomic mass is 10.2. The van der Waals surface area contributed by atoms with Gasteiger partial charge in [-0.3, -0.25) is 4.90 Å². The molecule has 0 fully saturated rings. The Morgan fingerprint density at radius 3 is 1.76 bits per heavy atom. The Hall–Kier alpha value is -2.87. The van der Waals surface area contributed by atoms with Gasteiger partial charge in [0, 0.05) is 17.6 Å². The molecular formula is C19H16N2. The number of benzene rings is 2. The molecule has 0 spiro atoms. The molecule has 0 atom stereocenters. The number of para-hydroxylation sites is 2. The van der Waals surface area contributed by atoms with Gasteiger partial charge in [0.25, 0.3) is 0 Å². The molecule has 0 saturated carbocycles. The van der Waals surface area contributed by atoms with Gasteiger partial charge in [-0.05, 0) is 42.0 Å². The molecule has 0 N–H and O–H groups in total. The Morgan fingerprint density at radius 1 is 0.762 bits per heavy atom. The van der Waals surface area contributed by atoms with Gasteiger partial charge in [0.1, 0.15) is 5.82 Å². The van der Waals surface area contributed by atoms with E-state index in [-0.39, 0.29) is 0 Å². The van der Waals surface area contributed by atoms with E-state index in [0.29, 0.717) is 0 Å². The fourth-order valence-corrected chi connectivity index (χ4v) is 2.22. The van der Waals surface area contributed by atoms with Crippen molar-refractivity contribution >= 4 is 23.3 Å². The van der Waals surface area contributed by atoms with Crippen molar-refractivity contribution in [2.45, 2.75) is 0 Å². The summed E-state index contributed by atoms with van der Waals surface area (Å²) >= 11 is 0. The Kier molecular flexibility index (Phi) is 3.79. The van der Waals surface area contributed by atoms with E-state index in [4.69, 9.17) is 0 Å². The quantitative estimate of drug-likeness (QED) is 0.649. The zero-order valence-electron chi connectivity index (χ0n) is 11.7. The highest BCUT2D eigenvalue weighted by atomic mass is 15.2. The van der Waals surface area contributed by atoms with Crippen molar-refractivity contribution in [3.8, 4) is 0 Å². The molecule has 0 amide bonds. The highest BCUT2D eigenvalue weighted by Crippen LogP contribution is 2.32. The SMILES string of the molecule is C=Cc1ccc(N(c2ccccc2)c2ccccc2)nc1. The van der Waals surface area contributed by atoms with Crippen LogP contribution in [0.5, 0.6) is 0 Å². The fraction of sp³-hybridized carbons (Fsp3) is 0. The summed E-state index contributed by atoms with van der Waals surface area (Å²) in [5, 5.41) is 0. The van der Waals surface area contributed by atoms with E-state index in [9.17, 15) is 0 Å². The first kappa shape index (κ1) is 13.1. The topological polar surface area (TPSA) is 16.1 Å². The van der Waals surface area contributed by atoms with Crippen LogP contribution in [-0.4, -0.2) is 4.98 Å². The van der Waals surface area contributed by atoms with E-state index in [1.54, 1.807) is 6.08 Å². The Bertz CT molecular complexity index is 664. The zero-order valence-corrected chi connectivity index (χ0v) is 11.7. The number of aromatic nitrogens is 1. The molecule has 1 aromatic heterocycles. The summed E-state index contributed by atoms with van der Waals surface area (Å²) < 4.78 is 0. The molecule has 2 aromatic carbocycles. The predicted octanol–water partition coefficient (Wildman–Crippen LogP) is 5.19. The summed E-state index contributed by atoms with van der Waals surface area (Å²) in [6, 6.07) is 24.5. The minimum Gasteiger partial charge on any atom is -0.295 e. The van der Waals surface area contributed by atoms with E-state index in [0.717, 1.165) is 22.8 Å². The smallest absolute Gasteiger partial charge is 0.137 e. The zero-order chi connectivity index (χ0) is 14.5. The van der Waals surface area contributed by atoms with Crippen LogP contribution in [0, 0.1) is 0 Å². The molecule has 1 heterocycles. The first-order valence-corrected chi connectivity index (χ1v) is 6.87. The molecule has 0 aliphatic heterocycles. The molecule has 3 aromatic rings. The van der Waals surface area contributed by atoms with Crippen molar-refractivity contribution in [3.05, 3.63) is 91.1 Å². The highest BCUT2D eigenvalue weighted by molar-refractivity contribution is 5.74. The molecule has 0 bridgehead atoms. The molecule has 0 radical (unpaired) electrons. The molecule has 3 rings (SSSR count). The average Bonchev–Trinajstić information content (AvgIpc) is 2.58. The molecule has 0 aliphatic carbocycles. The van der Waals surface area contributed by atoms with Crippen LogP contribution in [0.2, 0.25) is 0 Å². The lowest BCUT2D eigenvalue weighted by Gasteiger charge is -2.24. The van der Waals surface area contributed by atoms with Crippen LogP contribution < -0.4 is 4.90 Å². The van der Waals surface area contributed by atoms with Crippen LogP contribution in [0.4, 0.5) is 17.2 Å². The third kappa shape index (κ3) is 2.84. The van der Waals surface area contributed by atoms with Gasteiger partial charge in [-0.1, -0.05) is 49.1 Å². The number of nitrogens with zero attached hydrogens (tertiary/aromatic N) is 2. The lowest BCUT2D eigenvalue weighted by molar-refractivity contribution is 1.18. The first-order chi connectivity index (χ1) is 10.4. The monoisotopic (exact) mass is 272 g/mol. The fourth-order valence-electron chi connectivity index (χ4n) is 2.22. The van der Waals surface area contributed by atoms with E-state index >= 15 is 0 Å². The third-order valence-corrected chi connectivity index (χ3v) is 3.26. The van der Waals surface area contributed by atoms with Crippen molar-refractivity contribution in [1.29, 1.82) is 0 Å². The van der Waals surface area contributed by atoms with Crippen molar-refractivity contribution in [3.63, 3.8) is 0 Å². The number of anilines is 3. The molecule has 0 aliphatic rings. The van der Waals surface area contributed by atoms with Gasteiger partial charge in [-0.25, -0.2) is 4.98 Å². The Morgan fingerprint density at radius 2 is 1.33 bits per heavy atom. The lowest BCUT2D eigenvalue weighted by Crippen LogP contribution is -2.11. The highest BCUT2D eigenvalue weighted by Gasteiger charge is 2.12. The molecule has 2 heteroatoms. The standard InChI is InChI=1S/C19H16N2/c1-2-16-13-14-19(20-15-16)21(17-9-5-3-6-10-17)18-11-7-4-8-12-18/h2-15H,1H2. The van der Waals surface area contributed by atoms with Crippen LogP contribution >= 0.6 is 0 Å². The van der Waals surface area contributed by atoms with Gasteiger partial charge >= 0.3 is 0 Å². The predicted molar refractivity (Wildman–Crippen MR) is 89.0 cm³/mol. The van der Waals surface area contributed by atoms with Crippen LogP contribution in [0.25, 0.3) is 6.08 Å². The van der Waals surface area contributed by atoms with Gasteiger partial charge < -0.3 is 0 Å². The summed E-state index contributed by atoms with van der Waals surface area (Å²) in [6.07, 6.45) is 3.63. The third-order valence-electron chi connectivity index (χ3n) is 3.26. The molecule has 102 valence electrons. The van der Waals surface area contributed by atoms with Crippen LogP contribution in [0.1, 0.15) is 5.56 Å². The first-order valence-electron chi connectivity index (χ1n) is 6.87. The Labute approximate surface area is 125 Å². The number of hydrogen-bond donors (Lipinski definition) is 0. The minimum atomic E-state index is 0.887. The summed E-state index contributed by atoms with van der Waals surface area (Å²) in [5.41, 5.74) is 3.19. The van der Waals surface area contributed by atoms with Gasteiger partial charge in [-0.2, -0.15) is 0 Å². The summed E-state index contributed by atoms with van der Waals surface area (Å²) in [7, 11) is 0. The second-order valence-corrected chi connectivity index (χ2v) is 4.66. The normalized spacial score (nSPS) is 10.1. The molecular weight excluding hydrogens is 256 g/mol. The van der Waals surface area contributed by atoms with Gasteiger partial charge in [0.05, 0.1) is 0 Å². The largest absolute Gasteiger partial charge is 0.295 e. The molecule has 21 heavy (non-hydrogen) atoms. The van der Waals surface area contributed by atoms with Crippen LogP contribution in [-0.2, 0) is 0 Å². The van der Waals surface area contributed by atoms with Gasteiger partial charge in [0.2, 0.25) is 0 Å². The van der Waals surface area contributed by atoms with Crippen molar-refractivity contribution in [2.75, 3.05) is 4.90 Å². The van der Waals surface area contributed by atoms with Crippen molar-refractivity contribution in [2.24, 2.45) is 0 Å². The summed E-state index contributed by atoms with van der Waals surface area (Å²) in [6.45, 7) is 3.77. The van der Waals surface area contributed by atoms with Crippen LogP contribution in [0.3, 0.4) is 0 Å². The van der Waals surface area contributed by atoms with E-state index in [1.807, 2.05) is 54.7 Å². The minimum absolute atomic E-state index is 0.887. The molecule has 2 nitrogen and oxygen atoms in total. The van der Waals surface area contributed by atoms with E-state index in [1.165, 1.54) is 0 Å². The summed E-state index contributed by atoms with van der Waals surface area (Å²) in [4.78, 5) is 6.69. The molecule has 0 unspecified atom stereocenters. The van der Waals surface area contributed by atoms with Crippen molar-refractivity contribution in [1.82, 2.24) is 4.98 Å². The Balaban J connectivity index is 2.09.